The molecule has 0 radical (unpaired) electrons. The number of hydrogen-bond donors (Lipinski definition) is 0. The van der Waals surface area contributed by atoms with Crippen LogP contribution in [0.1, 0.15) is 5.76 Å². The first-order valence-corrected chi connectivity index (χ1v) is 6.12. The fourth-order valence-electron chi connectivity index (χ4n) is 1.54. The SMILES string of the molecule is O=[N+]([O-])/C=C\c1ccc(-c2ccc([N+](=O)[O-])cc2Br)o1. The summed E-state index contributed by atoms with van der Waals surface area (Å²) in [5.74, 6) is 0.775. The molecule has 0 aliphatic heterocycles. The van der Waals surface area contributed by atoms with Crippen molar-refractivity contribution >= 4 is 27.7 Å². The van der Waals surface area contributed by atoms with Crippen LogP contribution in [0.15, 0.2) is 45.4 Å². The smallest absolute Gasteiger partial charge is 0.270 e. The fourth-order valence-corrected chi connectivity index (χ4v) is 2.10. The van der Waals surface area contributed by atoms with Gasteiger partial charge >= 0.3 is 0 Å². The standard InChI is InChI=1S/C12H7BrN2O5/c13-11-7-8(15(18)19)1-3-10(11)12-4-2-9(20-12)5-6-14(16)17/h1-7H/b6-5-. The first-order valence-electron chi connectivity index (χ1n) is 5.33. The molecular formula is C12H7BrN2O5. The monoisotopic (exact) mass is 338 g/mol. The van der Waals surface area contributed by atoms with Crippen LogP contribution < -0.4 is 0 Å². The summed E-state index contributed by atoms with van der Waals surface area (Å²) < 4.78 is 5.92. The lowest BCUT2D eigenvalue weighted by Crippen LogP contribution is -1.88. The van der Waals surface area contributed by atoms with Crippen LogP contribution in [-0.2, 0) is 0 Å². The average Bonchev–Trinajstić information content (AvgIpc) is 2.84. The number of nitrogens with zero attached hydrogens (tertiary/aromatic N) is 2. The second-order valence-corrected chi connectivity index (χ2v) is 4.58. The van der Waals surface area contributed by atoms with Crippen molar-refractivity contribution in [3.8, 4) is 11.3 Å². The summed E-state index contributed by atoms with van der Waals surface area (Å²) in [6.45, 7) is 0. The summed E-state index contributed by atoms with van der Waals surface area (Å²) in [6.07, 6.45) is 2.00. The molecule has 2 rings (SSSR count). The normalized spacial score (nSPS) is 10.8. The Kier molecular flexibility index (Phi) is 3.94. The van der Waals surface area contributed by atoms with Crippen LogP contribution >= 0.6 is 15.9 Å². The van der Waals surface area contributed by atoms with Gasteiger partial charge in [-0.15, -0.1) is 0 Å². The van der Waals surface area contributed by atoms with Crippen molar-refractivity contribution in [2.24, 2.45) is 0 Å². The van der Waals surface area contributed by atoms with Crippen molar-refractivity contribution in [3.63, 3.8) is 0 Å². The van der Waals surface area contributed by atoms with E-state index in [0.717, 1.165) is 6.20 Å². The number of hydrogen-bond acceptors (Lipinski definition) is 5. The summed E-state index contributed by atoms with van der Waals surface area (Å²) in [4.78, 5) is 19.8. The van der Waals surface area contributed by atoms with E-state index in [1.807, 2.05) is 0 Å². The molecule has 0 spiro atoms. The Morgan fingerprint density at radius 3 is 2.50 bits per heavy atom. The lowest BCUT2D eigenvalue weighted by Gasteiger charge is -2.00. The van der Waals surface area contributed by atoms with E-state index in [-0.39, 0.29) is 5.69 Å². The molecule has 1 aromatic carbocycles. The highest BCUT2D eigenvalue weighted by Crippen LogP contribution is 2.32. The Labute approximate surface area is 120 Å². The maximum absolute atomic E-state index is 10.6. The molecule has 7 nitrogen and oxygen atoms in total. The predicted molar refractivity (Wildman–Crippen MR) is 74.5 cm³/mol. The number of benzene rings is 1. The van der Waals surface area contributed by atoms with Gasteiger partial charge in [-0.2, -0.15) is 0 Å². The predicted octanol–water partition coefficient (Wildman–Crippen LogP) is 3.86. The van der Waals surface area contributed by atoms with Gasteiger partial charge in [0.2, 0.25) is 6.20 Å². The van der Waals surface area contributed by atoms with Crippen molar-refractivity contribution in [2.45, 2.75) is 0 Å². The summed E-state index contributed by atoms with van der Waals surface area (Å²) in [5.41, 5.74) is 0.581. The summed E-state index contributed by atoms with van der Waals surface area (Å²) >= 11 is 3.23. The van der Waals surface area contributed by atoms with Crippen LogP contribution in [0, 0.1) is 20.2 Å². The zero-order chi connectivity index (χ0) is 14.7. The van der Waals surface area contributed by atoms with Gasteiger partial charge in [0.25, 0.3) is 5.69 Å². The highest BCUT2D eigenvalue weighted by molar-refractivity contribution is 9.10. The largest absolute Gasteiger partial charge is 0.456 e. The highest BCUT2D eigenvalue weighted by atomic mass is 79.9. The molecule has 0 unspecified atom stereocenters. The molecule has 1 heterocycles. The Morgan fingerprint density at radius 2 is 1.90 bits per heavy atom. The molecule has 20 heavy (non-hydrogen) atoms. The van der Waals surface area contributed by atoms with Crippen molar-refractivity contribution in [1.82, 2.24) is 0 Å². The van der Waals surface area contributed by atoms with E-state index in [2.05, 4.69) is 15.9 Å². The Bertz CT molecular complexity index is 708. The summed E-state index contributed by atoms with van der Waals surface area (Å²) in [6, 6.07) is 7.47. The molecule has 0 fully saturated rings. The van der Waals surface area contributed by atoms with Gasteiger partial charge in [-0.3, -0.25) is 20.2 Å². The lowest BCUT2D eigenvalue weighted by molar-refractivity contribution is -0.401. The van der Waals surface area contributed by atoms with Crippen LogP contribution in [0.5, 0.6) is 0 Å². The number of nitro benzene ring substituents is 1. The molecule has 2 aromatic rings. The van der Waals surface area contributed by atoms with E-state index >= 15 is 0 Å². The van der Waals surface area contributed by atoms with Crippen molar-refractivity contribution in [2.75, 3.05) is 0 Å². The van der Waals surface area contributed by atoms with Gasteiger partial charge in [0.15, 0.2) is 0 Å². The molecule has 0 saturated heterocycles. The number of nitro groups is 2. The molecule has 0 atom stereocenters. The van der Waals surface area contributed by atoms with Gasteiger partial charge in [0.1, 0.15) is 11.5 Å². The minimum Gasteiger partial charge on any atom is -0.456 e. The number of rotatable bonds is 4. The summed E-state index contributed by atoms with van der Waals surface area (Å²) in [7, 11) is 0. The minimum absolute atomic E-state index is 0.0411. The lowest BCUT2D eigenvalue weighted by atomic mass is 10.1. The van der Waals surface area contributed by atoms with Gasteiger partial charge in [-0.1, -0.05) is 0 Å². The Morgan fingerprint density at radius 1 is 1.15 bits per heavy atom. The van der Waals surface area contributed by atoms with Gasteiger partial charge in [-0.25, -0.2) is 0 Å². The maximum Gasteiger partial charge on any atom is 0.270 e. The van der Waals surface area contributed by atoms with E-state index in [0.29, 0.717) is 21.6 Å². The van der Waals surface area contributed by atoms with E-state index in [1.165, 1.54) is 18.2 Å². The number of non-ortho nitro benzene ring substituents is 1. The van der Waals surface area contributed by atoms with Gasteiger partial charge in [0.05, 0.1) is 15.9 Å². The quantitative estimate of drug-likeness (QED) is 0.622. The molecule has 1 aromatic heterocycles. The van der Waals surface area contributed by atoms with E-state index in [1.54, 1.807) is 18.2 Å². The number of halogens is 1. The third-order valence-corrected chi connectivity index (χ3v) is 3.07. The molecule has 8 heteroatoms. The van der Waals surface area contributed by atoms with Gasteiger partial charge in [-0.05, 0) is 34.1 Å². The van der Waals surface area contributed by atoms with Crippen LogP contribution in [0.3, 0.4) is 0 Å². The summed E-state index contributed by atoms with van der Waals surface area (Å²) in [5, 5.41) is 20.9. The molecular weight excluding hydrogens is 332 g/mol. The molecule has 0 aliphatic rings. The van der Waals surface area contributed by atoms with Crippen LogP contribution in [-0.4, -0.2) is 9.85 Å². The molecule has 0 aliphatic carbocycles. The molecule has 0 amide bonds. The van der Waals surface area contributed by atoms with Crippen molar-refractivity contribution in [3.05, 3.63) is 67.0 Å². The maximum atomic E-state index is 10.6. The van der Waals surface area contributed by atoms with Crippen LogP contribution in [0.25, 0.3) is 17.4 Å². The van der Waals surface area contributed by atoms with Gasteiger partial charge < -0.3 is 4.42 Å². The van der Waals surface area contributed by atoms with E-state index in [4.69, 9.17) is 4.42 Å². The second-order valence-electron chi connectivity index (χ2n) is 3.72. The average molecular weight is 339 g/mol. The van der Waals surface area contributed by atoms with Crippen LogP contribution in [0.4, 0.5) is 5.69 Å². The first-order chi connectivity index (χ1) is 9.47. The van der Waals surface area contributed by atoms with E-state index in [9.17, 15) is 20.2 Å². The number of furan rings is 1. The second kappa shape index (κ2) is 5.66. The first kappa shape index (κ1) is 13.9. The Hall–Kier alpha value is -2.48. The van der Waals surface area contributed by atoms with E-state index < -0.39 is 9.85 Å². The molecule has 102 valence electrons. The van der Waals surface area contributed by atoms with Crippen LogP contribution in [0.2, 0.25) is 0 Å². The molecule has 0 bridgehead atoms. The Balaban J connectivity index is 2.33. The molecule has 0 N–H and O–H groups in total. The topological polar surface area (TPSA) is 99.4 Å². The zero-order valence-electron chi connectivity index (χ0n) is 9.86. The highest BCUT2D eigenvalue weighted by Gasteiger charge is 2.12. The minimum atomic E-state index is -0.593. The molecule has 0 saturated carbocycles. The van der Waals surface area contributed by atoms with Crippen molar-refractivity contribution in [1.29, 1.82) is 0 Å². The zero-order valence-corrected chi connectivity index (χ0v) is 11.4. The van der Waals surface area contributed by atoms with Crippen molar-refractivity contribution < 1.29 is 14.3 Å². The third-order valence-electron chi connectivity index (χ3n) is 2.42. The van der Waals surface area contributed by atoms with Gasteiger partial charge in [0, 0.05) is 22.2 Å². The fraction of sp³-hybridized carbons (Fsp3) is 0. The third kappa shape index (κ3) is 3.09.